The molecule has 1 amide bonds. The van der Waals surface area contributed by atoms with Crippen molar-refractivity contribution in [1.29, 1.82) is 0 Å². The minimum absolute atomic E-state index is 0.227. The molecule has 2 aliphatic rings. The van der Waals surface area contributed by atoms with E-state index >= 15 is 0 Å². The Morgan fingerprint density at radius 3 is 2.76 bits per heavy atom. The van der Waals surface area contributed by atoms with Gasteiger partial charge in [-0.2, -0.15) is 5.10 Å². The summed E-state index contributed by atoms with van der Waals surface area (Å²) in [5.74, 6) is 0.726. The predicted molar refractivity (Wildman–Crippen MR) is 82.1 cm³/mol. The van der Waals surface area contributed by atoms with E-state index in [0.29, 0.717) is 12.5 Å². The predicted octanol–water partition coefficient (Wildman–Crippen LogP) is 1.75. The van der Waals surface area contributed by atoms with Gasteiger partial charge in [0.25, 0.3) is 0 Å². The smallest absolute Gasteiger partial charge is 0.244 e. The SMILES string of the molecule is O=C(Cn1nccc1[C@H]1CCCNC1)N1CCCCCC1. The number of hydrogen-bond acceptors (Lipinski definition) is 3. The first kappa shape index (κ1) is 14.6. The van der Waals surface area contributed by atoms with E-state index in [9.17, 15) is 4.79 Å². The fraction of sp³-hybridized carbons (Fsp3) is 0.750. The standard InChI is InChI=1S/C16H26N4O/c21-16(19-10-3-1-2-4-11-19)13-20-15(7-9-18-20)14-6-5-8-17-12-14/h7,9,14,17H,1-6,8,10-13H2/t14-/m0/s1. The summed E-state index contributed by atoms with van der Waals surface area (Å²) >= 11 is 0. The zero-order valence-corrected chi connectivity index (χ0v) is 12.8. The van der Waals surface area contributed by atoms with Gasteiger partial charge in [-0.05, 0) is 38.3 Å². The maximum atomic E-state index is 12.5. The van der Waals surface area contributed by atoms with E-state index in [1.165, 1.54) is 31.4 Å². The maximum absolute atomic E-state index is 12.5. The minimum atomic E-state index is 0.227. The highest BCUT2D eigenvalue weighted by Crippen LogP contribution is 2.23. The number of rotatable bonds is 3. The van der Waals surface area contributed by atoms with Crippen LogP contribution in [-0.2, 0) is 11.3 Å². The first-order valence-electron chi connectivity index (χ1n) is 8.35. The molecule has 3 rings (SSSR count). The van der Waals surface area contributed by atoms with Gasteiger partial charge in [0.05, 0.1) is 0 Å². The van der Waals surface area contributed by atoms with Crippen LogP contribution in [0.25, 0.3) is 0 Å². The summed E-state index contributed by atoms with van der Waals surface area (Å²) in [7, 11) is 0. The fourth-order valence-corrected chi connectivity index (χ4v) is 3.47. The van der Waals surface area contributed by atoms with Crippen LogP contribution in [0, 0.1) is 0 Å². The molecule has 3 heterocycles. The molecule has 21 heavy (non-hydrogen) atoms. The number of nitrogens with zero attached hydrogens (tertiary/aromatic N) is 3. The molecule has 1 N–H and O–H groups in total. The molecule has 5 heteroatoms. The van der Waals surface area contributed by atoms with Crippen LogP contribution in [0.4, 0.5) is 0 Å². The lowest BCUT2D eigenvalue weighted by molar-refractivity contribution is -0.132. The van der Waals surface area contributed by atoms with Gasteiger partial charge < -0.3 is 10.2 Å². The Morgan fingerprint density at radius 1 is 1.24 bits per heavy atom. The number of amides is 1. The van der Waals surface area contributed by atoms with Gasteiger partial charge in [-0.1, -0.05) is 12.8 Å². The summed E-state index contributed by atoms with van der Waals surface area (Å²) in [6, 6.07) is 2.08. The molecule has 0 saturated carbocycles. The van der Waals surface area contributed by atoms with Crippen LogP contribution in [-0.4, -0.2) is 46.8 Å². The molecule has 0 unspecified atom stereocenters. The summed E-state index contributed by atoms with van der Waals surface area (Å²) in [4.78, 5) is 14.5. The third kappa shape index (κ3) is 3.64. The maximum Gasteiger partial charge on any atom is 0.244 e. The van der Waals surface area contributed by atoms with Gasteiger partial charge in [0.15, 0.2) is 0 Å². The van der Waals surface area contributed by atoms with E-state index in [1.807, 2.05) is 15.8 Å². The number of nitrogens with one attached hydrogen (secondary N) is 1. The normalized spacial score (nSPS) is 23.8. The zero-order chi connectivity index (χ0) is 14.5. The van der Waals surface area contributed by atoms with Crippen molar-refractivity contribution in [1.82, 2.24) is 20.0 Å². The Morgan fingerprint density at radius 2 is 2.05 bits per heavy atom. The summed E-state index contributed by atoms with van der Waals surface area (Å²) in [5, 5.41) is 7.83. The van der Waals surface area contributed by atoms with Gasteiger partial charge in [-0.3, -0.25) is 9.48 Å². The second-order valence-corrected chi connectivity index (χ2v) is 6.25. The van der Waals surface area contributed by atoms with Crippen molar-refractivity contribution in [2.45, 2.75) is 51.0 Å². The molecule has 2 saturated heterocycles. The third-order valence-corrected chi connectivity index (χ3v) is 4.71. The molecule has 1 aromatic heterocycles. The highest BCUT2D eigenvalue weighted by atomic mass is 16.2. The average molecular weight is 290 g/mol. The van der Waals surface area contributed by atoms with E-state index in [0.717, 1.165) is 39.0 Å². The van der Waals surface area contributed by atoms with Crippen molar-refractivity contribution < 1.29 is 4.79 Å². The number of carbonyl (C=O) groups excluding carboxylic acids is 1. The van der Waals surface area contributed by atoms with Gasteiger partial charge in [-0.15, -0.1) is 0 Å². The Kier molecular flexibility index (Phi) is 4.91. The van der Waals surface area contributed by atoms with Crippen LogP contribution in [0.2, 0.25) is 0 Å². The molecule has 116 valence electrons. The molecule has 0 aromatic carbocycles. The van der Waals surface area contributed by atoms with Gasteiger partial charge in [0.1, 0.15) is 6.54 Å². The number of piperidine rings is 1. The van der Waals surface area contributed by atoms with E-state index < -0.39 is 0 Å². The highest BCUT2D eigenvalue weighted by molar-refractivity contribution is 5.76. The fourth-order valence-electron chi connectivity index (χ4n) is 3.47. The number of carbonyl (C=O) groups is 1. The molecule has 1 atom stereocenters. The van der Waals surface area contributed by atoms with Crippen molar-refractivity contribution in [2.75, 3.05) is 26.2 Å². The van der Waals surface area contributed by atoms with Crippen LogP contribution in [0.3, 0.4) is 0 Å². The lowest BCUT2D eigenvalue weighted by Gasteiger charge is -2.25. The number of hydrogen-bond donors (Lipinski definition) is 1. The lowest BCUT2D eigenvalue weighted by Crippen LogP contribution is -2.36. The van der Waals surface area contributed by atoms with Crippen molar-refractivity contribution in [2.24, 2.45) is 0 Å². The van der Waals surface area contributed by atoms with Gasteiger partial charge in [0.2, 0.25) is 5.91 Å². The van der Waals surface area contributed by atoms with Crippen molar-refractivity contribution in [3.8, 4) is 0 Å². The van der Waals surface area contributed by atoms with Crippen LogP contribution >= 0.6 is 0 Å². The molecule has 1 aromatic rings. The number of aromatic nitrogens is 2. The highest BCUT2D eigenvalue weighted by Gasteiger charge is 2.22. The molecule has 0 aliphatic carbocycles. The second kappa shape index (κ2) is 7.07. The van der Waals surface area contributed by atoms with E-state index in [-0.39, 0.29) is 5.91 Å². The Labute approximate surface area is 126 Å². The summed E-state index contributed by atoms with van der Waals surface area (Å²) < 4.78 is 1.92. The molecule has 5 nitrogen and oxygen atoms in total. The first-order chi connectivity index (χ1) is 10.3. The molecule has 0 radical (unpaired) electrons. The number of likely N-dealkylation sites (tertiary alicyclic amines) is 1. The Bertz CT molecular complexity index is 457. The van der Waals surface area contributed by atoms with Crippen LogP contribution in [0.1, 0.15) is 50.1 Å². The van der Waals surface area contributed by atoms with Crippen molar-refractivity contribution in [3.63, 3.8) is 0 Å². The largest absolute Gasteiger partial charge is 0.341 e. The molecular formula is C16H26N4O. The zero-order valence-electron chi connectivity index (χ0n) is 12.8. The Balaban J connectivity index is 1.64. The van der Waals surface area contributed by atoms with E-state index in [2.05, 4.69) is 16.5 Å². The van der Waals surface area contributed by atoms with Crippen LogP contribution in [0.5, 0.6) is 0 Å². The topological polar surface area (TPSA) is 50.2 Å². The van der Waals surface area contributed by atoms with Gasteiger partial charge >= 0.3 is 0 Å². The molecule has 2 fully saturated rings. The summed E-state index contributed by atoms with van der Waals surface area (Å²) in [5.41, 5.74) is 1.21. The molecular weight excluding hydrogens is 264 g/mol. The summed E-state index contributed by atoms with van der Waals surface area (Å²) in [6.45, 7) is 4.35. The average Bonchev–Trinajstić information content (AvgIpc) is 2.81. The van der Waals surface area contributed by atoms with Gasteiger partial charge in [-0.25, -0.2) is 0 Å². The lowest BCUT2D eigenvalue weighted by atomic mass is 9.96. The second-order valence-electron chi connectivity index (χ2n) is 6.25. The first-order valence-corrected chi connectivity index (χ1v) is 8.35. The van der Waals surface area contributed by atoms with Crippen LogP contribution < -0.4 is 5.32 Å². The minimum Gasteiger partial charge on any atom is -0.341 e. The van der Waals surface area contributed by atoms with Crippen molar-refractivity contribution in [3.05, 3.63) is 18.0 Å². The third-order valence-electron chi connectivity index (χ3n) is 4.71. The van der Waals surface area contributed by atoms with Crippen LogP contribution in [0.15, 0.2) is 12.3 Å². The van der Waals surface area contributed by atoms with E-state index in [4.69, 9.17) is 0 Å². The molecule has 0 bridgehead atoms. The van der Waals surface area contributed by atoms with E-state index in [1.54, 1.807) is 0 Å². The van der Waals surface area contributed by atoms with Gasteiger partial charge in [0, 0.05) is 37.4 Å². The monoisotopic (exact) mass is 290 g/mol. The molecule has 2 aliphatic heterocycles. The quantitative estimate of drug-likeness (QED) is 0.923. The summed E-state index contributed by atoms with van der Waals surface area (Å²) in [6.07, 6.45) is 9.02. The Hall–Kier alpha value is -1.36. The molecule has 0 spiro atoms. The van der Waals surface area contributed by atoms with Crippen molar-refractivity contribution >= 4 is 5.91 Å².